The summed E-state index contributed by atoms with van der Waals surface area (Å²) in [6.45, 7) is 2.69. The van der Waals surface area contributed by atoms with E-state index in [-0.39, 0.29) is 11.2 Å². The van der Waals surface area contributed by atoms with E-state index >= 15 is 0 Å². The molecule has 1 aromatic carbocycles. The normalized spacial score (nSPS) is 16.1. The van der Waals surface area contributed by atoms with Crippen molar-refractivity contribution in [3.63, 3.8) is 0 Å². The van der Waals surface area contributed by atoms with E-state index in [1.54, 1.807) is 30.0 Å². The Morgan fingerprint density at radius 2 is 2.11 bits per heavy atom. The van der Waals surface area contributed by atoms with E-state index in [0.717, 1.165) is 16.7 Å². The van der Waals surface area contributed by atoms with Crippen LogP contribution < -0.4 is 5.32 Å². The Morgan fingerprint density at radius 3 is 2.68 bits per heavy atom. The lowest BCUT2D eigenvalue weighted by atomic mass is 10.3. The molecule has 1 amide bonds. The van der Waals surface area contributed by atoms with Gasteiger partial charge < -0.3 is 5.32 Å². The van der Waals surface area contributed by atoms with Crippen molar-refractivity contribution in [3.8, 4) is 0 Å². The first-order chi connectivity index (χ1) is 9.04. The van der Waals surface area contributed by atoms with Crippen LogP contribution in [0.2, 0.25) is 10.0 Å². The van der Waals surface area contributed by atoms with Crippen LogP contribution in [0.25, 0.3) is 0 Å². The van der Waals surface area contributed by atoms with Crippen molar-refractivity contribution in [2.45, 2.75) is 12.2 Å². The lowest BCUT2D eigenvalue weighted by Gasteiger charge is -2.12. The van der Waals surface area contributed by atoms with E-state index < -0.39 is 0 Å². The molecule has 0 radical (unpaired) electrons. The molecule has 3 nitrogen and oxygen atoms in total. The van der Waals surface area contributed by atoms with Gasteiger partial charge in [-0.25, -0.2) is 0 Å². The number of rotatable bonds is 3. The van der Waals surface area contributed by atoms with Crippen LogP contribution in [0, 0.1) is 0 Å². The van der Waals surface area contributed by atoms with Crippen LogP contribution >= 0.6 is 46.7 Å². The number of halogens is 2. The van der Waals surface area contributed by atoms with Gasteiger partial charge in [0, 0.05) is 21.5 Å². The Bertz CT molecular complexity index is 502. The van der Waals surface area contributed by atoms with Gasteiger partial charge in [0.15, 0.2) is 0 Å². The van der Waals surface area contributed by atoms with Crippen LogP contribution in [0.5, 0.6) is 0 Å². The molecule has 1 heterocycles. The second-order valence-corrected chi connectivity index (χ2v) is 7.45. The predicted octanol–water partition coefficient (Wildman–Crippen LogP) is 4.16. The summed E-state index contributed by atoms with van der Waals surface area (Å²) in [5, 5.41) is 3.60. The lowest BCUT2D eigenvalue weighted by Crippen LogP contribution is -2.23. The summed E-state index contributed by atoms with van der Waals surface area (Å²) in [7, 11) is 0. The third kappa shape index (κ3) is 4.60. The number of anilines is 1. The van der Waals surface area contributed by atoms with Gasteiger partial charge in [0.25, 0.3) is 0 Å². The molecule has 1 aromatic rings. The Labute approximate surface area is 130 Å². The highest BCUT2D eigenvalue weighted by molar-refractivity contribution is 8.39. The molecule has 1 N–H and O–H groups in total. The smallest absolute Gasteiger partial charge is 0.237 e. The van der Waals surface area contributed by atoms with Crippen molar-refractivity contribution in [3.05, 3.63) is 28.2 Å². The fourth-order valence-corrected chi connectivity index (χ4v) is 4.12. The number of nitrogens with one attached hydrogen (secondary N) is 1. The molecule has 0 spiro atoms. The van der Waals surface area contributed by atoms with Gasteiger partial charge in [-0.2, -0.15) is 0 Å². The summed E-state index contributed by atoms with van der Waals surface area (Å²) in [5.41, 5.74) is 0.607. The van der Waals surface area contributed by atoms with Gasteiger partial charge in [-0.1, -0.05) is 46.7 Å². The minimum Gasteiger partial charge on any atom is -0.325 e. The molecule has 102 valence electrons. The highest BCUT2D eigenvalue weighted by atomic mass is 35.5. The van der Waals surface area contributed by atoms with Crippen molar-refractivity contribution in [1.29, 1.82) is 0 Å². The maximum absolute atomic E-state index is 12.0. The number of carbonyl (C=O) groups excluding carboxylic acids is 1. The molecule has 0 unspecified atom stereocenters. The monoisotopic (exact) mass is 334 g/mol. The van der Waals surface area contributed by atoms with E-state index in [9.17, 15) is 4.79 Å². The zero-order valence-corrected chi connectivity index (χ0v) is 13.3. The molecular weight excluding hydrogens is 323 g/mol. The van der Waals surface area contributed by atoms with E-state index in [0.29, 0.717) is 15.7 Å². The number of thioether (sulfide) groups is 2. The number of aliphatic imine (C=N–C) groups is 1. The van der Waals surface area contributed by atoms with E-state index in [4.69, 9.17) is 23.2 Å². The molecule has 0 aromatic heterocycles. The molecule has 7 heteroatoms. The molecule has 0 aliphatic carbocycles. The maximum atomic E-state index is 12.0. The van der Waals surface area contributed by atoms with Crippen LogP contribution in [-0.4, -0.2) is 27.8 Å². The summed E-state index contributed by atoms with van der Waals surface area (Å²) in [4.78, 5) is 16.4. The Kier molecular flexibility index (Phi) is 5.45. The van der Waals surface area contributed by atoms with Gasteiger partial charge in [-0.15, -0.1) is 0 Å². The van der Waals surface area contributed by atoms with E-state index in [2.05, 4.69) is 10.3 Å². The van der Waals surface area contributed by atoms with Crippen LogP contribution in [0.3, 0.4) is 0 Å². The second kappa shape index (κ2) is 6.88. The molecule has 0 fully saturated rings. The van der Waals surface area contributed by atoms with Gasteiger partial charge >= 0.3 is 0 Å². The average Bonchev–Trinajstić information content (AvgIpc) is 2.80. The molecule has 1 atom stereocenters. The first kappa shape index (κ1) is 15.0. The van der Waals surface area contributed by atoms with E-state index in [1.165, 1.54) is 11.8 Å². The second-order valence-electron chi connectivity index (χ2n) is 3.90. The van der Waals surface area contributed by atoms with Crippen molar-refractivity contribution >= 4 is 62.7 Å². The van der Waals surface area contributed by atoms with Gasteiger partial charge in [-0.05, 0) is 25.1 Å². The molecule has 2 rings (SSSR count). The maximum Gasteiger partial charge on any atom is 0.237 e. The van der Waals surface area contributed by atoms with Crippen molar-refractivity contribution in [2.75, 3.05) is 17.6 Å². The third-order valence-corrected chi connectivity index (χ3v) is 5.07. The van der Waals surface area contributed by atoms with Crippen LogP contribution in [-0.2, 0) is 4.79 Å². The fourth-order valence-electron chi connectivity index (χ4n) is 1.46. The zero-order valence-electron chi connectivity index (χ0n) is 10.2. The summed E-state index contributed by atoms with van der Waals surface area (Å²) in [6.07, 6.45) is 0. The van der Waals surface area contributed by atoms with Gasteiger partial charge in [-0.3, -0.25) is 9.79 Å². The molecule has 1 aliphatic rings. The van der Waals surface area contributed by atoms with Crippen LogP contribution in [0.1, 0.15) is 6.92 Å². The molecular formula is C12H12Cl2N2OS2. The van der Waals surface area contributed by atoms with Crippen molar-refractivity contribution in [2.24, 2.45) is 4.99 Å². The predicted molar refractivity (Wildman–Crippen MR) is 86.9 cm³/mol. The fraction of sp³-hybridized carbons (Fsp3) is 0.333. The molecule has 1 aliphatic heterocycles. The minimum atomic E-state index is -0.206. The molecule has 0 saturated heterocycles. The number of benzene rings is 1. The summed E-state index contributed by atoms with van der Waals surface area (Å²) in [5.74, 6) is 0.916. The highest BCUT2D eigenvalue weighted by Gasteiger charge is 2.19. The van der Waals surface area contributed by atoms with E-state index in [1.807, 2.05) is 6.92 Å². The number of hydrogen-bond acceptors (Lipinski definition) is 4. The molecule has 19 heavy (non-hydrogen) atoms. The summed E-state index contributed by atoms with van der Waals surface area (Å²) in [6, 6.07) is 4.97. The highest BCUT2D eigenvalue weighted by Crippen LogP contribution is 2.27. The van der Waals surface area contributed by atoms with Gasteiger partial charge in [0.05, 0.1) is 11.8 Å². The SMILES string of the molecule is C[C@@H](SC1=NCCS1)C(=O)Nc1cc(Cl)cc(Cl)c1. The molecule has 0 saturated carbocycles. The van der Waals surface area contributed by atoms with Gasteiger partial charge in [0.1, 0.15) is 4.38 Å². The van der Waals surface area contributed by atoms with Crippen molar-refractivity contribution < 1.29 is 4.79 Å². The first-order valence-electron chi connectivity index (χ1n) is 5.65. The van der Waals surface area contributed by atoms with Crippen LogP contribution in [0.15, 0.2) is 23.2 Å². The Morgan fingerprint density at radius 1 is 1.42 bits per heavy atom. The zero-order chi connectivity index (χ0) is 13.8. The number of hydrogen-bond donors (Lipinski definition) is 1. The summed E-state index contributed by atoms with van der Waals surface area (Å²) >= 11 is 14.9. The standard InChI is InChI=1S/C12H12Cl2N2OS2/c1-7(19-12-15-2-3-18-12)11(17)16-10-5-8(13)4-9(14)6-10/h4-7H,2-3H2,1H3,(H,16,17)/t7-/m1/s1. The van der Waals surface area contributed by atoms with Crippen molar-refractivity contribution in [1.82, 2.24) is 0 Å². The Balaban J connectivity index is 1.95. The topological polar surface area (TPSA) is 41.5 Å². The Hall–Kier alpha value is -0.360. The third-order valence-electron chi connectivity index (χ3n) is 2.33. The van der Waals surface area contributed by atoms with Gasteiger partial charge in [0.2, 0.25) is 5.91 Å². The molecule has 0 bridgehead atoms. The number of amides is 1. The average molecular weight is 335 g/mol. The number of carbonyl (C=O) groups is 1. The minimum absolute atomic E-state index is 0.0847. The summed E-state index contributed by atoms with van der Waals surface area (Å²) < 4.78 is 0.978. The first-order valence-corrected chi connectivity index (χ1v) is 8.27. The number of nitrogens with zero attached hydrogens (tertiary/aromatic N) is 1. The quantitative estimate of drug-likeness (QED) is 0.902. The largest absolute Gasteiger partial charge is 0.325 e. The lowest BCUT2D eigenvalue weighted by molar-refractivity contribution is -0.115. The van der Waals surface area contributed by atoms with Crippen LogP contribution in [0.4, 0.5) is 5.69 Å².